The van der Waals surface area contributed by atoms with Gasteiger partial charge in [-0.2, -0.15) is 4.98 Å². The lowest BCUT2D eigenvalue weighted by Crippen LogP contribution is -2.15. The lowest BCUT2D eigenvalue weighted by atomic mass is 10.2. The Morgan fingerprint density at radius 2 is 2.04 bits per heavy atom. The third-order valence-corrected chi connectivity index (χ3v) is 3.02. The Morgan fingerprint density at radius 1 is 1.30 bits per heavy atom. The summed E-state index contributed by atoms with van der Waals surface area (Å²) in [5.41, 5.74) is 0.394. The Hall–Kier alpha value is -2.41. The van der Waals surface area contributed by atoms with Gasteiger partial charge in [0.1, 0.15) is 11.5 Å². The summed E-state index contributed by atoms with van der Waals surface area (Å²) >= 11 is 5.87. The van der Waals surface area contributed by atoms with E-state index in [0.717, 1.165) is 12.1 Å². The van der Waals surface area contributed by atoms with Crippen LogP contribution in [0.25, 0.3) is 0 Å². The molecule has 23 heavy (non-hydrogen) atoms. The van der Waals surface area contributed by atoms with Crippen molar-refractivity contribution >= 4 is 23.2 Å². The van der Waals surface area contributed by atoms with Gasteiger partial charge in [-0.15, -0.1) is 0 Å². The quantitative estimate of drug-likeness (QED) is 0.874. The molecule has 8 heteroatoms. The number of aromatic nitrogens is 2. The van der Waals surface area contributed by atoms with Gasteiger partial charge in [0, 0.05) is 0 Å². The number of anilines is 1. The van der Waals surface area contributed by atoms with Crippen molar-refractivity contribution < 1.29 is 18.7 Å². The number of benzene rings is 1. The molecule has 0 aliphatic rings. The van der Waals surface area contributed by atoms with E-state index in [1.54, 1.807) is 13.8 Å². The normalized spacial score (nSPS) is 10.3. The number of nitrogens with one attached hydrogen (secondary N) is 1. The summed E-state index contributed by atoms with van der Waals surface area (Å²) in [5.74, 6) is -0.868. The van der Waals surface area contributed by atoms with E-state index < -0.39 is 11.7 Å². The van der Waals surface area contributed by atoms with E-state index in [1.165, 1.54) is 12.3 Å². The number of ether oxygens (including phenoxy) is 2. The molecule has 122 valence electrons. The number of hydrogen-bond acceptors (Lipinski definition) is 5. The first-order valence-electron chi connectivity index (χ1n) is 6.94. The van der Waals surface area contributed by atoms with Gasteiger partial charge in [0.15, 0.2) is 0 Å². The smallest absolute Gasteiger partial charge is 0.319 e. The van der Waals surface area contributed by atoms with Crippen LogP contribution in [-0.4, -0.2) is 29.1 Å². The average Bonchev–Trinajstić information content (AvgIpc) is 2.50. The van der Waals surface area contributed by atoms with Gasteiger partial charge in [0.05, 0.1) is 30.0 Å². The molecule has 0 unspecified atom stereocenters. The van der Waals surface area contributed by atoms with Crippen molar-refractivity contribution in [1.29, 1.82) is 0 Å². The van der Waals surface area contributed by atoms with Crippen LogP contribution in [0.1, 0.15) is 24.2 Å². The molecule has 0 saturated heterocycles. The molecule has 2 aromatic rings. The predicted octanol–water partition coefficient (Wildman–Crippen LogP) is 3.32. The van der Waals surface area contributed by atoms with Crippen LogP contribution in [0.4, 0.5) is 10.1 Å². The molecule has 0 saturated carbocycles. The van der Waals surface area contributed by atoms with E-state index in [4.69, 9.17) is 21.1 Å². The van der Waals surface area contributed by atoms with Crippen molar-refractivity contribution in [1.82, 2.24) is 9.97 Å². The molecule has 6 nitrogen and oxygen atoms in total. The molecule has 2 rings (SSSR count). The largest absolute Gasteiger partial charge is 0.476 e. The van der Waals surface area contributed by atoms with Crippen molar-refractivity contribution in [2.45, 2.75) is 13.8 Å². The molecule has 1 amide bonds. The minimum atomic E-state index is -0.524. The summed E-state index contributed by atoms with van der Waals surface area (Å²) in [4.78, 5) is 20.3. The van der Waals surface area contributed by atoms with E-state index in [9.17, 15) is 9.18 Å². The molecular weight excluding hydrogens is 325 g/mol. The van der Waals surface area contributed by atoms with E-state index in [-0.39, 0.29) is 28.2 Å². The van der Waals surface area contributed by atoms with Crippen LogP contribution in [0.2, 0.25) is 5.02 Å². The minimum absolute atomic E-state index is 0.00677. The molecule has 0 bridgehead atoms. The van der Waals surface area contributed by atoms with Gasteiger partial charge in [0.2, 0.25) is 5.88 Å². The monoisotopic (exact) mass is 339 g/mol. The van der Waals surface area contributed by atoms with Crippen molar-refractivity contribution in [3.05, 3.63) is 40.8 Å². The average molecular weight is 340 g/mol. The highest BCUT2D eigenvalue weighted by molar-refractivity contribution is 6.34. The number of carbonyl (C=O) groups is 1. The van der Waals surface area contributed by atoms with Crippen LogP contribution in [-0.2, 0) is 0 Å². The molecular formula is C15H15ClFN3O3. The van der Waals surface area contributed by atoms with Crippen LogP contribution in [0, 0.1) is 5.82 Å². The molecule has 0 atom stereocenters. The molecule has 0 spiro atoms. The van der Waals surface area contributed by atoms with Crippen molar-refractivity contribution in [3.8, 4) is 11.9 Å². The number of amides is 1. The zero-order valence-corrected chi connectivity index (χ0v) is 13.4. The van der Waals surface area contributed by atoms with Crippen LogP contribution in [0.3, 0.4) is 0 Å². The number of halogens is 2. The lowest BCUT2D eigenvalue weighted by Gasteiger charge is -2.12. The zero-order valence-electron chi connectivity index (χ0n) is 12.6. The van der Waals surface area contributed by atoms with Gasteiger partial charge in [-0.1, -0.05) is 11.6 Å². The highest BCUT2D eigenvalue weighted by Crippen LogP contribution is 2.25. The highest BCUT2D eigenvalue weighted by atomic mass is 35.5. The minimum Gasteiger partial charge on any atom is -0.476 e. The second kappa shape index (κ2) is 7.73. The van der Waals surface area contributed by atoms with Gasteiger partial charge >= 0.3 is 6.01 Å². The van der Waals surface area contributed by atoms with E-state index in [1.807, 2.05) is 0 Å². The molecule has 1 N–H and O–H groups in total. The number of hydrogen-bond donors (Lipinski definition) is 1. The van der Waals surface area contributed by atoms with Gasteiger partial charge < -0.3 is 14.8 Å². The van der Waals surface area contributed by atoms with Gasteiger partial charge in [-0.25, -0.2) is 9.37 Å². The summed E-state index contributed by atoms with van der Waals surface area (Å²) < 4.78 is 23.6. The summed E-state index contributed by atoms with van der Waals surface area (Å²) in [6.07, 6.45) is 1.37. The van der Waals surface area contributed by atoms with Crippen LogP contribution in [0.15, 0.2) is 24.4 Å². The third kappa shape index (κ3) is 4.29. The number of nitrogens with zero attached hydrogens (tertiary/aromatic N) is 2. The first-order chi connectivity index (χ1) is 11.0. The molecule has 0 aliphatic heterocycles. The fourth-order valence-corrected chi connectivity index (χ4v) is 2.00. The third-order valence-electron chi connectivity index (χ3n) is 2.71. The van der Waals surface area contributed by atoms with Crippen molar-refractivity contribution in [3.63, 3.8) is 0 Å². The predicted molar refractivity (Wildman–Crippen MR) is 83.7 cm³/mol. The number of carbonyl (C=O) groups excluding carboxylic acids is 1. The van der Waals surface area contributed by atoms with Gasteiger partial charge in [-0.05, 0) is 32.0 Å². The Bertz CT molecular complexity index is 712. The zero-order chi connectivity index (χ0) is 16.8. The number of rotatable bonds is 6. The fourth-order valence-electron chi connectivity index (χ4n) is 1.75. The van der Waals surface area contributed by atoms with E-state index >= 15 is 0 Å². The fraction of sp³-hybridized carbons (Fsp3) is 0.267. The first-order valence-corrected chi connectivity index (χ1v) is 7.32. The maximum atomic E-state index is 13.0. The molecule has 1 heterocycles. The SMILES string of the molecule is CCOc1ncc(NC(=O)c2ccc(F)cc2Cl)c(OCC)n1. The van der Waals surface area contributed by atoms with Crippen molar-refractivity contribution in [2.24, 2.45) is 0 Å². The summed E-state index contributed by atoms with van der Waals surface area (Å²) in [6.45, 7) is 4.34. The maximum absolute atomic E-state index is 13.0. The Balaban J connectivity index is 2.25. The maximum Gasteiger partial charge on any atom is 0.319 e. The molecule has 0 aliphatic carbocycles. The highest BCUT2D eigenvalue weighted by Gasteiger charge is 2.16. The molecule has 0 fully saturated rings. The summed E-state index contributed by atoms with van der Waals surface area (Å²) in [7, 11) is 0. The van der Waals surface area contributed by atoms with E-state index in [2.05, 4.69) is 15.3 Å². The summed E-state index contributed by atoms with van der Waals surface area (Å²) in [6, 6.07) is 3.66. The molecule has 0 radical (unpaired) electrons. The van der Waals surface area contributed by atoms with E-state index in [0.29, 0.717) is 13.2 Å². The first kappa shape index (κ1) is 17.0. The standard InChI is InChI=1S/C15H15ClFN3O3/c1-3-22-14-12(8-18-15(20-14)23-4-2)19-13(21)10-6-5-9(17)7-11(10)16/h5-8H,3-4H2,1-2H3,(H,19,21). The second-order valence-corrected chi connectivity index (χ2v) is 4.72. The molecule has 1 aromatic heterocycles. The second-order valence-electron chi connectivity index (χ2n) is 4.32. The Kier molecular flexibility index (Phi) is 5.70. The van der Waals surface area contributed by atoms with Crippen molar-refractivity contribution in [2.75, 3.05) is 18.5 Å². The summed E-state index contributed by atoms with van der Waals surface area (Å²) in [5, 5.41) is 2.60. The molecule has 1 aromatic carbocycles. The van der Waals surface area contributed by atoms with Crippen LogP contribution in [0.5, 0.6) is 11.9 Å². The Labute approximate surface area is 137 Å². The van der Waals surface area contributed by atoms with Gasteiger partial charge in [-0.3, -0.25) is 4.79 Å². The van der Waals surface area contributed by atoms with Crippen LogP contribution < -0.4 is 14.8 Å². The van der Waals surface area contributed by atoms with Gasteiger partial charge in [0.25, 0.3) is 5.91 Å². The lowest BCUT2D eigenvalue weighted by molar-refractivity contribution is 0.102. The van der Waals surface area contributed by atoms with Crippen LogP contribution >= 0.6 is 11.6 Å². The topological polar surface area (TPSA) is 73.3 Å². The Morgan fingerprint density at radius 3 is 2.70 bits per heavy atom.